The molecule has 1 rings (SSSR count). The molecule has 1 N–H and O–H groups in total. The summed E-state index contributed by atoms with van der Waals surface area (Å²) in [4.78, 5) is 23.7. The molecule has 1 heterocycles. The van der Waals surface area contributed by atoms with E-state index in [2.05, 4.69) is 10.4 Å². The second kappa shape index (κ2) is 7.77. The van der Waals surface area contributed by atoms with Gasteiger partial charge in [-0.05, 0) is 32.3 Å². The van der Waals surface area contributed by atoms with Gasteiger partial charge in [-0.25, -0.2) is 4.79 Å². The van der Waals surface area contributed by atoms with Crippen LogP contribution in [0.25, 0.3) is 6.08 Å². The minimum atomic E-state index is -0.627. The Hall–Kier alpha value is -2.11. The van der Waals surface area contributed by atoms with Gasteiger partial charge in [0.1, 0.15) is 6.04 Å². The largest absolute Gasteiger partial charge is 0.467 e. The highest BCUT2D eigenvalue weighted by molar-refractivity contribution is 5.94. The fourth-order valence-corrected chi connectivity index (χ4v) is 2.24. The fourth-order valence-electron chi connectivity index (χ4n) is 2.24. The van der Waals surface area contributed by atoms with Crippen molar-refractivity contribution < 1.29 is 14.3 Å². The van der Waals surface area contributed by atoms with Gasteiger partial charge in [0.15, 0.2) is 0 Å². The molecule has 0 fully saturated rings. The average Bonchev–Trinajstić information content (AvgIpc) is 2.68. The van der Waals surface area contributed by atoms with Crippen LogP contribution in [0.1, 0.15) is 37.2 Å². The van der Waals surface area contributed by atoms with Gasteiger partial charge >= 0.3 is 5.97 Å². The molecule has 6 heteroatoms. The number of carbonyl (C=O) groups is 2. The Kier molecular flexibility index (Phi) is 6.34. The number of aryl methyl sites for hydroxylation is 2. The molecular weight excluding hydrogens is 282 g/mol. The predicted molar refractivity (Wildman–Crippen MR) is 85.1 cm³/mol. The number of aromatic nitrogens is 2. The number of methoxy groups -OCH3 is 1. The molecule has 0 aliphatic heterocycles. The van der Waals surface area contributed by atoms with Crippen LogP contribution in [-0.4, -0.2) is 34.8 Å². The first kappa shape index (κ1) is 17.9. The molecule has 0 aliphatic carbocycles. The number of esters is 1. The van der Waals surface area contributed by atoms with Crippen LogP contribution >= 0.6 is 0 Å². The summed E-state index contributed by atoms with van der Waals surface area (Å²) < 4.78 is 6.49. The molecule has 0 saturated carbocycles. The zero-order valence-electron chi connectivity index (χ0n) is 14.1. The molecule has 0 bridgehead atoms. The number of ether oxygens (including phenoxy) is 1. The smallest absolute Gasteiger partial charge is 0.328 e. The number of nitrogens with zero attached hydrogens (tertiary/aromatic N) is 2. The van der Waals surface area contributed by atoms with E-state index in [4.69, 9.17) is 4.74 Å². The Balaban J connectivity index is 2.78. The highest BCUT2D eigenvalue weighted by Crippen LogP contribution is 2.13. The second-order valence-corrected chi connectivity index (χ2v) is 5.76. The maximum absolute atomic E-state index is 12.0. The van der Waals surface area contributed by atoms with E-state index in [0.29, 0.717) is 6.42 Å². The first-order chi connectivity index (χ1) is 10.3. The van der Waals surface area contributed by atoms with E-state index in [1.165, 1.54) is 13.2 Å². The lowest BCUT2D eigenvalue weighted by Crippen LogP contribution is -2.41. The van der Waals surface area contributed by atoms with Gasteiger partial charge in [-0.1, -0.05) is 13.8 Å². The highest BCUT2D eigenvalue weighted by atomic mass is 16.5. The van der Waals surface area contributed by atoms with Gasteiger partial charge in [-0.2, -0.15) is 5.10 Å². The Morgan fingerprint density at radius 3 is 2.45 bits per heavy atom. The van der Waals surface area contributed by atoms with Gasteiger partial charge in [-0.15, -0.1) is 0 Å². The topological polar surface area (TPSA) is 73.2 Å². The van der Waals surface area contributed by atoms with E-state index >= 15 is 0 Å². The molecule has 0 unspecified atom stereocenters. The zero-order valence-corrected chi connectivity index (χ0v) is 14.1. The van der Waals surface area contributed by atoms with Crippen LogP contribution in [0.4, 0.5) is 0 Å². The summed E-state index contributed by atoms with van der Waals surface area (Å²) in [6.45, 7) is 7.80. The average molecular weight is 307 g/mol. The van der Waals surface area contributed by atoms with Gasteiger partial charge in [-0.3, -0.25) is 9.48 Å². The lowest BCUT2D eigenvalue weighted by Gasteiger charge is -2.17. The quantitative estimate of drug-likeness (QED) is 0.642. The third-order valence-electron chi connectivity index (χ3n) is 3.48. The Bertz CT molecular complexity index is 573. The maximum Gasteiger partial charge on any atom is 0.328 e. The van der Waals surface area contributed by atoms with Crippen LogP contribution < -0.4 is 5.32 Å². The van der Waals surface area contributed by atoms with Crippen LogP contribution in [0.3, 0.4) is 0 Å². The van der Waals surface area contributed by atoms with Crippen LogP contribution in [0.15, 0.2) is 6.08 Å². The normalized spacial score (nSPS) is 12.7. The molecular formula is C16H25N3O3. The van der Waals surface area contributed by atoms with Crippen molar-refractivity contribution in [1.82, 2.24) is 15.1 Å². The van der Waals surface area contributed by atoms with Crippen molar-refractivity contribution in [3.05, 3.63) is 23.0 Å². The molecule has 0 spiro atoms. The van der Waals surface area contributed by atoms with Crippen LogP contribution in [0, 0.1) is 19.8 Å². The van der Waals surface area contributed by atoms with E-state index in [1.807, 2.05) is 34.7 Å². The molecule has 1 aromatic rings. The number of carbonyl (C=O) groups excluding carboxylic acids is 2. The van der Waals surface area contributed by atoms with Gasteiger partial charge in [0.25, 0.3) is 0 Å². The number of hydrogen-bond donors (Lipinski definition) is 1. The molecule has 0 aromatic carbocycles. The molecule has 1 amide bonds. The number of nitrogens with one attached hydrogen (secondary N) is 1. The lowest BCUT2D eigenvalue weighted by molar-refractivity contribution is -0.145. The summed E-state index contributed by atoms with van der Waals surface area (Å²) >= 11 is 0. The summed E-state index contributed by atoms with van der Waals surface area (Å²) in [6, 6.07) is -0.627. The third-order valence-corrected chi connectivity index (χ3v) is 3.48. The van der Waals surface area contributed by atoms with Crippen molar-refractivity contribution in [2.75, 3.05) is 7.11 Å². The van der Waals surface area contributed by atoms with Crippen molar-refractivity contribution in [2.45, 2.75) is 40.2 Å². The summed E-state index contributed by atoms with van der Waals surface area (Å²) in [5.74, 6) is -0.473. The lowest BCUT2D eigenvalue weighted by atomic mass is 10.0. The van der Waals surface area contributed by atoms with Crippen molar-refractivity contribution in [3.8, 4) is 0 Å². The minimum Gasteiger partial charge on any atom is -0.467 e. The van der Waals surface area contributed by atoms with E-state index < -0.39 is 12.0 Å². The second-order valence-electron chi connectivity index (χ2n) is 5.76. The summed E-state index contributed by atoms with van der Waals surface area (Å²) in [7, 11) is 3.18. The summed E-state index contributed by atoms with van der Waals surface area (Å²) in [5.41, 5.74) is 2.75. The van der Waals surface area contributed by atoms with Crippen molar-refractivity contribution in [3.63, 3.8) is 0 Å². The molecule has 1 aromatic heterocycles. The van der Waals surface area contributed by atoms with Crippen LogP contribution in [0.2, 0.25) is 0 Å². The first-order valence-corrected chi connectivity index (χ1v) is 7.32. The molecule has 122 valence electrons. The van der Waals surface area contributed by atoms with Gasteiger partial charge in [0.2, 0.25) is 5.91 Å². The van der Waals surface area contributed by atoms with Gasteiger partial charge < -0.3 is 10.1 Å². The molecule has 0 aliphatic rings. The molecule has 0 radical (unpaired) electrons. The van der Waals surface area contributed by atoms with Crippen molar-refractivity contribution >= 4 is 18.0 Å². The number of rotatable bonds is 6. The Morgan fingerprint density at radius 1 is 1.36 bits per heavy atom. The van der Waals surface area contributed by atoms with Crippen LogP contribution in [-0.2, 0) is 21.4 Å². The SMILES string of the molecule is COC(=O)[C@H](CC(C)C)NC(=O)/C=C/c1c(C)nn(C)c1C. The number of hydrogen-bond acceptors (Lipinski definition) is 4. The Labute approximate surface area is 131 Å². The van der Waals surface area contributed by atoms with E-state index in [9.17, 15) is 9.59 Å². The van der Waals surface area contributed by atoms with E-state index in [-0.39, 0.29) is 11.8 Å². The van der Waals surface area contributed by atoms with Crippen LogP contribution in [0.5, 0.6) is 0 Å². The highest BCUT2D eigenvalue weighted by Gasteiger charge is 2.21. The third kappa shape index (κ3) is 4.72. The van der Waals surface area contributed by atoms with E-state index in [0.717, 1.165) is 17.0 Å². The Morgan fingerprint density at radius 2 is 2.00 bits per heavy atom. The monoisotopic (exact) mass is 307 g/mol. The summed E-state index contributed by atoms with van der Waals surface area (Å²) in [6.07, 6.45) is 3.68. The molecule has 22 heavy (non-hydrogen) atoms. The standard InChI is InChI=1S/C16H25N3O3/c1-10(2)9-14(16(21)22-6)17-15(20)8-7-13-11(3)18-19(5)12(13)4/h7-8,10,14H,9H2,1-6H3,(H,17,20)/b8-7+/t14-/m0/s1. The predicted octanol–water partition coefficient (Wildman–Crippen LogP) is 1.75. The molecule has 0 saturated heterocycles. The fraction of sp³-hybridized carbons (Fsp3) is 0.562. The minimum absolute atomic E-state index is 0.274. The molecule has 6 nitrogen and oxygen atoms in total. The molecule has 1 atom stereocenters. The van der Waals surface area contributed by atoms with E-state index in [1.54, 1.807) is 10.8 Å². The number of amides is 1. The summed E-state index contributed by atoms with van der Waals surface area (Å²) in [5, 5.41) is 6.98. The van der Waals surface area contributed by atoms with Crippen molar-refractivity contribution in [2.24, 2.45) is 13.0 Å². The van der Waals surface area contributed by atoms with Gasteiger partial charge in [0.05, 0.1) is 12.8 Å². The van der Waals surface area contributed by atoms with Crippen molar-refractivity contribution in [1.29, 1.82) is 0 Å². The van der Waals surface area contributed by atoms with Gasteiger partial charge in [0, 0.05) is 24.4 Å². The first-order valence-electron chi connectivity index (χ1n) is 7.32. The zero-order chi connectivity index (χ0) is 16.9. The maximum atomic E-state index is 12.0.